The number of amides is 1. The normalized spacial score (nSPS) is 17.3. The van der Waals surface area contributed by atoms with Gasteiger partial charge in [0.05, 0.1) is 32.3 Å². The molecule has 168 valence electrons. The van der Waals surface area contributed by atoms with Gasteiger partial charge in [0.15, 0.2) is 17.2 Å². The number of ether oxygens (including phenoxy) is 3. The van der Waals surface area contributed by atoms with Crippen LogP contribution in [0.25, 0.3) is 0 Å². The smallest absolute Gasteiger partial charge is 0.274 e. The van der Waals surface area contributed by atoms with Gasteiger partial charge in [-0.05, 0) is 12.1 Å². The Labute approximate surface area is 181 Å². The fraction of sp³-hybridized carbons (Fsp3) is 0.500. The lowest BCUT2D eigenvalue weighted by Gasteiger charge is -2.29. The SMILES string of the molecule is COc1ccc(S(=O)(=O)N2CCc3c(c(C(=O)N4CCOCC4)nn3C)C2)cc1OC. The number of carbonyl (C=O) groups excluding carboxylic acids is 1. The third-order valence-electron chi connectivity index (χ3n) is 5.70. The maximum Gasteiger partial charge on any atom is 0.274 e. The first-order valence-corrected chi connectivity index (χ1v) is 11.4. The van der Waals surface area contributed by atoms with Crippen molar-refractivity contribution in [1.29, 1.82) is 0 Å². The van der Waals surface area contributed by atoms with Crippen molar-refractivity contribution in [3.63, 3.8) is 0 Å². The molecule has 2 aliphatic rings. The molecule has 0 unspecified atom stereocenters. The molecule has 0 radical (unpaired) electrons. The largest absolute Gasteiger partial charge is 0.493 e. The van der Waals surface area contributed by atoms with Crippen molar-refractivity contribution in [3.8, 4) is 11.5 Å². The minimum Gasteiger partial charge on any atom is -0.493 e. The molecule has 4 rings (SSSR count). The molecule has 11 heteroatoms. The number of hydrogen-bond acceptors (Lipinski definition) is 7. The highest BCUT2D eigenvalue weighted by Gasteiger charge is 2.35. The number of sulfonamides is 1. The highest BCUT2D eigenvalue weighted by atomic mass is 32.2. The van der Waals surface area contributed by atoms with Crippen LogP contribution in [0, 0.1) is 0 Å². The van der Waals surface area contributed by atoms with Crippen molar-refractivity contribution in [2.45, 2.75) is 17.9 Å². The van der Waals surface area contributed by atoms with Gasteiger partial charge in [0.25, 0.3) is 5.91 Å². The van der Waals surface area contributed by atoms with E-state index in [4.69, 9.17) is 14.2 Å². The third kappa shape index (κ3) is 3.88. The van der Waals surface area contributed by atoms with Gasteiger partial charge in [-0.15, -0.1) is 0 Å². The molecule has 0 N–H and O–H groups in total. The van der Waals surface area contributed by atoms with E-state index in [0.717, 1.165) is 5.69 Å². The highest BCUT2D eigenvalue weighted by Crippen LogP contribution is 2.33. The van der Waals surface area contributed by atoms with Crippen LogP contribution in [0.4, 0.5) is 0 Å². The topological polar surface area (TPSA) is 103 Å². The number of methoxy groups -OCH3 is 2. The molecule has 1 saturated heterocycles. The van der Waals surface area contributed by atoms with Gasteiger partial charge in [0, 0.05) is 57.0 Å². The molecule has 1 aromatic carbocycles. The lowest BCUT2D eigenvalue weighted by atomic mass is 10.1. The lowest BCUT2D eigenvalue weighted by molar-refractivity contribution is 0.0297. The van der Waals surface area contributed by atoms with E-state index in [1.54, 1.807) is 22.7 Å². The Morgan fingerprint density at radius 2 is 1.81 bits per heavy atom. The van der Waals surface area contributed by atoms with Crippen LogP contribution in [0.15, 0.2) is 23.1 Å². The number of aromatic nitrogens is 2. The molecule has 0 atom stereocenters. The van der Waals surface area contributed by atoms with Gasteiger partial charge in [-0.25, -0.2) is 8.42 Å². The number of hydrogen-bond donors (Lipinski definition) is 0. The minimum absolute atomic E-state index is 0.0886. The molecule has 1 fully saturated rings. The Morgan fingerprint density at radius 1 is 1.10 bits per heavy atom. The standard InChI is InChI=1S/C20H26N4O6S/c1-22-16-6-7-24(31(26,27)14-4-5-17(28-2)18(12-14)29-3)13-15(16)19(21-22)20(25)23-8-10-30-11-9-23/h4-5,12H,6-11,13H2,1-3H3. The second kappa shape index (κ2) is 8.48. The fourth-order valence-corrected chi connectivity index (χ4v) is 5.41. The molecular weight excluding hydrogens is 424 g/mol. The first-order valence-electron chi connectivity index (χ1n) is 10.0. The number of aryl methyl sites for hydroxylation is 1. The molecule has 2 aromatic rings. The maximum absolute atomic E-state index is 13.3. The Kier molecular flexibility index (Phi) is 5.91. The summed E-state index contributed by atoms with van der Waals surface area (Å²) in [5.41, 5.74) is 1.86. The van der Waals surface area contributed by atoms with Gasteiger partial charge < -0.3 is 19.1 Å². The number of carbonyl (C=O) groups is 1. The lowest BCUT2D eigenvalue weighted by Crippen LogP contribution is -2.42. The van der Waals surface area contributed by atoms with Gasteiger partial charge >= 0.3 is 0 Å². The van der Waals surface area contributed by atoms with E-state index in [1.165, 1.54) is 30.7 Å². The van der Waals surface area contributed by atoms with Crippen LogP contribution in [0.1, 0.15) is 21.7 Å². The summed E-state index contributed by atoms with van der Waals surface area (Å²) >= 11 is 0. The Morgan fingerprint density at radius 3 is 2.48 bits per heavy atom. The molecular formula is C20H26N4O6S. The van der Waals surface area contributed by atoms with Gasteiger partial charge in [-0.3, -0.25) is 9.48 Å². The second-order valence-corrected chi connectivity index (χ2v) is 9.35. The zero-order chi connectivity index (χ0) is 22.2. The monoisotopic (exact) mass is 450 g/mol. The summed E-state index contributed by atoms with van der Waals surface area (Å²) in [6.07, 6.45) is 0.474. The predicted octanol–water partition coefficient (Wildman–Crippen LogP) is 0.657. The van der Waals surface area contributed by atoms with Gasteiger partial charge in [-0.1, -0.05) is 0 Å². The van der Waals surface area contributed by atoms with E-state index in [2.05, 4.69) is 5.10 Å². The molecule has 0 aliphatic carbocycles. The highest BCUT2D eigenvalue weighted by molar-refractivity contribution is 7.89. The van der Waals surface area contributed by atoms with E-state index in [1.807, 2.05) is 0 Å². The maximum atomic E-state index is 13.3. The van der Waals surface area contributed by atoms with Crippen LogP contribution in [0.3, 0.4) is 0 Å². The molecule has 10 nitrogen and oxygen atoms in total. The average Bonchev–Trinajstić information content (AvgIpc) is 3.14. The fourth-order valence-electron chi connectivity index (χ4n) is 3.99. The van der Waals surface area contributed by atoms with Crippen molar-refractivity contribution >= 4 is 15.9 Å². The minimum atomic E-state index is -3.80. The summed E-state index contributed by atoms with van der Waals surface area (Å²) in [7, 11) is 0.933. The van der Waals surface area contributed by atoms with Crippen molar-refractivity contribution in [3.05, 3.63) is 35.2 Å². The Bertz CT molecular complexity index is 1090. The van der Waals surface area contributed by atoms with E-state index in [-0.39, 0.29) is 17.3 Å². The van der Waals surface area contributed by atoms with Crippen LogP contribution in [-0.4, -0.2) is 80.4 Å². The summed E-state index contributed by atoms with van der Waals surface area (Å²) in [5, 5.41) is 4.43. The number of nitrogens with zero attached hydrogens (tertiary/aromatic N) is 4. The molecule has 0 bridgehead atoms. The first-order chi connectivity index (χ1) is 14.9. The quantitative estimate of drug-likeness (QED) is 0.659. The van der Waals surface area contributed by atoms with Crippen molar-refractivity contribution < 1.29 is 27.4 Å². The summed E-state index contributed by atoms with van der Waals surface area (Å²) in [6, 6.07) is 4.51. The molecule has 3 heterocycles. The van der Waals surface area contributed by atoms with Crippen molar-refractivity contribution in [2.24, 2.45) is 7.05 Å². The summed E-state index contributed by atoms with van der Waals surface area (Å²) in [6.45, 7) is 2.36. The predicted molar refractivity (Wildman–Crippen MR) is 111 cm³/mol. The molecule has 0 spiro atoms. The third-order valence-corrected chi connectivity index (χ3v) is 7.54. The second-order valence-electron chi connectivity index (χ2n) is 7.41. The molecule has 31 heavy (non-hydrogen) atoms. The van der Waals surface area contributed by atoms with Crippen molar-refractivity contribution in [1.82, 2.24) is 19.0 Å². The zero-order valence-corrected chi connectivity index (χ0v) is 18.6. The van der Waals surface area contributed by atoms with E-state index in [0.29, 0.717) is 62.0 Å². The molecule has 1 aromatic heterocycles. The van der Waals surface area contributed by atoms with Crippen LogP contribution in [0.2, 0.25) is 0 Å². The van der Waals surface area contributed by atoms with Crippen LogP contribution < -0.4 is 9.47 Å². The summed E-state index contributed by atoms with van der Waals surface area (Å²) in [4.78, 5) is 14.9. The van der Waals surface area contributed by atoms with Gasteiger partial charge in [0.1, 0.15) is 0 Å². The van der Waals surface area contributed by atoms with E-state index in [9.17, 15) is 13.2 Å². The zero-order valence-electron chi connectivity index (χ0n) is 17.8. The molecule has 2 aliphatic heterocycles. The number of morpholine rings is 1. The molecule has 0 saturated carbocycles. The average molecular weight is 451 g/mol. The first kappa shape index (κ1) is 21.6. The van der Waals surface area contributed by atoms with Crippen LogP contribution in [0.5, 0.6) is 11.5 Å². The van der Waals surface area contributed by atoms with E-state index >= 15 is 0 Å². The number of rotatable bonds is 5. The van der Waals surface area contributed by atoms with Crippen LogP contribution >= 0.6 is 0 Å². The van der Waals surface area contributed by atoms with Gasteiger partial charge in [0.2, 0.25) is 10.0 Å². The Hall–Kier alpha value is -2.63. The molecule has 1 amide bonds. The Balaban J connectivity index is 1.64. The van der Waals surface area contributed by atoms with Gasteiger partial charge in [-0.2, -0.15) is 9.40 Å². The number of fused-ring (bicyclic) bond motifs is 1. The van der Waals surface area contributed by atoms with E-state index < -0.39 is 10.0 Å². The summed E-state index contributed by atoms with van der Waals surface area (Å²) < 4.78 is 45.5. The summed E-state index contributed by atoms with van der Waals surface area (Å²) in [5.74, 6) is 0.601. The van der Waals surface area contributed by atoms with Crippen molar-refractivity contribution in [2.75, 3.05) is 47.1 Å². The van der Waals surface area contributed by atoms with Crippen LogP contribution in [-0.2, 0) is 34.8 Å². The number of benzene rings is 1.